The summed E-state index contributed by atoms with van der Waals surface area (Å²) in [6, 6.07) is 3.88. The molecule has 0 spiro atoms. The minimum Gasteiger partial charge on any atom is -0.493 e. The van der Waals surface area contributed by atoms with Crippen molar-refractivity contribution < 1.29 is 27.1 Å². The fraction of sp³-hybridized carbons (Fsp3) is 0.682. The maximum atomic E-state index is 13.5. The monoisotopic (exact) mass is 439 g/mol. The molecule has 4 aliphatic carbocycles. The number of hydrogen-bond donors (Lipinski definition) is 1. The largest absolute Gasteiger partial charge is 0.493 e. The van der Waals surface area contributed by atoms with Crippen LogP contribution >= 0.6 is 0 Å². The summed E-state index contributed by atoms with van der Waals surface area (Å²) in [5, 5.41) is 3.17. The summed E-state index contributed by atoms with van der Waals surface area (Å²) in [6.07, 6.45) is 5.30. The van der Waals surface area contributed by atoms with Gasteiger partial charge in [-0.25, -0.2) is 12.8 Å². The zero-order valence-corrected chi connectivity index (χ0v) is 18.7. The van der Waals surface area contributed by atoms with Gasteiger partial charge >= 0.3 is 0 Å². The van der Waals surface area contributed by atoms with Gasteiger partial charge in [-0.1, -0.05) is 0 Å². The number of amides is 1. The van der Waals surface area contributed by atoms with Crippen molar-refractivity contribution in [1.29, 1.82) is 0 Å². The molecule has 0 heterocycles. The van der Waals surface area contributed by atoms with E-state index in [1.54, 1.807) is 13.8 Å². The summed E-state index contributed by atoms with van der Waals surface area (Å²) in [6.45, 7) is 3.33. The van der Waals surface area contributed by atoms with Crippen LogP contribution in [-0.2, 0) is 14.6 Å². The molecule has 1 N–H and O–H groups in total. The van der Waals surface area contributed by atoms with Gasteiger partial charge in [0.05, 0.1) is 11.9 Å². The Kier molecular flexibility index (Phi) is 5.07. The molecule has 6 nitrogen and oxygen atoms in total. The highest BCUT2D eigenvalue weighted by Crippen LogP contribution is 2.58. The molecule has 5 rings (SSSR count). The number of nitrogens with one attached hydrogen (secondary N) is 1. The van der Waals surface area contributed by atoms with Gasteiger partial charge in [0.15, 0.2) is 26.9 Å². The topological polar surface area (TPSA) is 81.7 Å². The lowest BCUT2D eigenvalue weighted by Crippen LogP contribution is -2.65. The Morgan fingerprint density at radius 1 is 1.17 bits per heavy atom. The summed E-state index contributed by atoms with van der Waals surface area (Å²) in [4.78, 5) is 13.1. The van der Waals surface area contributed by atoms with E-state index < -0.39 is 26.0 Å². The average molecular weight is 440 g/mol. The van der Waals surface area contributed by atoms with E-state index in [4.69, 9.17) is 9.47 Å². The van der Waals surface area contributed by atoms with Crippen molar-refractivity contribution in [2.45, 2.75) is 62.3 Å². The number of carbonyl (C=O) groups excluding carboxylic acids is 1. The van der Waals surface area contributed by atoms with E-state index in [9.17, 15) is 17.6 Å². The van der Waals surface area contributed by atoms with Crippen LogP contribution < -0.4 is 14.8 Å². The summed E-state index contributed by atoms with van der Waals surface area (Å²) in [5.74, 6) is 0.575. The van der Waals surface area contributed by atoms with Gasteiger partial charge in [0.2, 0.25) is 0 Å². The van der Waals surface area contributed by atoms with Gasteiger partial charge in [0.25, 0.3) is 5.91 Å². The van der Waals surface area contributed by atoms with Crippen molar-refractivity contribution in [3.05, 3.63) is 24.0 Å². The zero-order chi connectivity index (χ0) is 21.9. The van der Waals surface area contributed by atoms with Crippen molar-refractivity contribution in [2.75, 3.05) is 13.4 Å². The lowest BCUT2D eigenvalue weighted by atomic mass is 9.53. The van der Waals surface area contributed by atoms with Crippen LogP contribution in [0, 0.1) is 23.6 Å². The molecule has 2 unspecified atom stereocenters. The summed E-state index contributed by atoms with van der Waals surface area (Å²) in [7, 11) is -1.72. The fourth-order valence-electron chi connectivity index (χ4n) is 6.01. The number of halogens is 1. The molecule has 4 saturated carbocycles. The highest BCUT2D eigenvalue weighted by atomic mass is 32.2. The summed E-state index contributed by atoms with van der Waals surface area (Å²) < 4.78 is 49.0. The third-order valence-electron chi connectivity index (χ3n) is 7.34. The quantitative estimate of drug-likeness (QED) is 0.737. The van der Waals surface area contributed by atoms with Crippen molar-refractivity contribution in [1.82, 2.24) is 5.32 Å². The van der Waals surface area contributed by atoms with Crippen LogP contribution in [0.2, 0.25) is 0 Å². The number of carbonyl (C=O) groups is 1. The molecule has 1 aromatic rings. The number of benzene rings is 1. The minimum absolute atomic E-state index is 0.0399. The molecule has 8 heteroatoms. The molecule has 4 bridgehead atoms. The normalized spacial score (nSPS) is 32.7. The number of methoxy groups -OCH3 is 1. The van der Waals surface area contributed by atoms with Gasteiger partial charge in [-0.15, -0.1) is 0 Å². The van der Waals surface area contributed by atoms with Gasteiger partial charge in [-0.2, -0.15) is 0 Å². The second-order valence-corrected chi connectivity index (χ2v) is 12.2. The van der Waals surface area contributed by atoms with E-state index in [0.29, 0.717) is 24.5 Å². The maximum Gasteiger partial charge on any atom is 0.263 e. The average Bonchev–Trinajstić information content (AvgIpc) is 2.64. The van der Waals surface area contributed by atoms with E-state index in [-0.39, 0.29) is 29.5 Å². The smallest absolute Gasteiger partial charge is 0.263 e. The van der Waals surface area contributed by atoms with Crippen LogP contribution in [0.15, 0.2) is 18.2 Å². The molecule has 0 aliphatic heterocycles. The van der Waals surface area contributed by atoms with Crippen LogP contribution in [-0.4, -0.2) is 44.1 Å². The Balaban J connectivity index is 1.49. The predicted molar refractivity (Wildman–Crippen MR) is 111 cm³/mol. The highest BCUT2D eigenvalue weighted by molar-refractivity contribution is 7.92. The molecule has 30 heavy (non-hydrogen) atoms. The first-order valence-electron chi connectivity index (χ1n) is 10.5. The number of sulfone groups is 1. The highest BCUT2D eigenvalue weighted by Gasteiger charge is 2.60. The third kappa shape index (κ3) is 3.57. The Hall–Kier alpha value is -1.83. The van der Waals surface area contributed by atoms with Gasteiger partial charge in [-0.3, -0.25) is 4.79 Å². The first-order chi connectivity index (χ1) is 13.9. The second kappa shape index (κ2) is 7.11. The molecule has 4 fully saturated rings. The van der Waals surface area contributed by atoms with Gasteiger partial charge < -0.3 is 14.8 Å². The van der Waals surface area contributed by atoms with Gasteiger partial charge in [-0.05, 0) is 75.8 Å². The lowest BCUT2D eigenvalue weighted by Gasteiger charge is -2.59. The third-order valence-corrected chi connectivity index (χ3v) is 9.41. The molecule has 0 radical (unpaired) electrons. The molecular weight excluding hydrogens is 409 g/mol. The van der Waals surface area contributed by atoms with Crippen molar-refractivity contribution in [3.8, 4) is 11.5 Å². The first-order valence-corrected chi connectivity index (χ1v) is 12.4. The van der Waals surface area contributed by atoms with E-state index in [0.717, 1.165) is 19.3 Å². The maximum absolute atomic E-state index is 13.5. The van der Waals surface area contributed by atoms with E-state index in [1.165, 1.54) is 31.6 Å². The zero-order valence-electron chi connectivity index (χ0n) is 17.9. The van der Waals surface area contributed by atoms with Gasteiger partial charge in [0, 0.05) is 18.4 Å². The Morgan fingerprint density at radius 2 is 1.80 bits per heavy atom. The van der Waals surface area contributed by atoms with Crippen LogP contribution in [0.3, 0.4) is 0 Å². The number of ether oxygens (including phenoxy) is 2. The molecule has 1 aromatic carbocycles. The molecule has 2 atom stereocenters. The summed E-state index contributed by atoms with van der Waals surface area (Å²) >= 11 is 0. The second-order valence-electron chi connectivity index (χ2n) is 9.83. The van der Waals surface area contributed by atoms with Crippen LogP contribution in [0.1, 0.15) is 46.0 Å². The SMILES string of the molecule is COc1cc(F)ccc1OC(C)(C)C(=O)NC1C2CC3CC1CC(S(C)(=O)=O)(C3)C2. The molecular formula is C22H30FNO5S. The number of rotatable bonds is 6. The van der Waals surface area contributed by atoms with E-state index >= 15 is 0 Å². The van der Waals surface area contributed by atoms with E-state index in [1.807, 2.05) is 0 Å². The Bertz CT molecular complexity index is 944. The molecule has 1 amide bonds. The molecule has 0 aromatic heterocycles. The van der Waals surface area contributed by atoms with Crippen LogP contribution in [0.25, 0.3) is 0 Å². The van der Waals surface area contributed by atoms with Gasteiger partial charge in [0.1, 0.15) is 5.82 Å². The minimum atomic E-state index is -3.14. The summed E-state index contributed by atoms with van der Waals surface area (Å²) in [5.41, 5.74) is -1.20. The Labute approximate surface area is 177 Å². The van der Waals surface area contributed by atoms with E-state index in [2.05, 4.69) is 5.32 Å². The van der Waals surface area contributed by atoms with Crippen molar-refractivity contribution in [3.63, 3.8) is 0 Å². The van der Waals surface area contributed by atoms with Crippen LogP contribution in [0.4, 0.5) is 4.39 Å². The molecule has 4 aliphatic rings. The molecule has 166 valence electrons. The van der Waals surface area contributed by atoms with Crippen molar-refractivity contribution >= 4 is 15.7 Å². The molecule has 0 saturated heterocycles. The predicted octanol–water partition coefficient (Wildman–Crippen LogP) is 3.10. The number of hydrogen-bond acceptors (Lipinski definition) is 5. The fourth-order valence-corrected chi connectivity index (χ4v) is 7.58. The Morgan fingerprint density at radius 3 is 2.37 bits per heavy atom. The lowest BCUT2D eigenvalue weighted by molar-refractivity contribution is -0.138. The standard InChI is InChI=1S/C22H30FNO5S/c1-21(2,29-17-6-5-16(23)9-18(17)28-3)20(25)24-19-14-7-13-8-15(19)12-22(10-13,11-14)30(4,26)27/h5-6,9,13-15,19H,7-8,10-12H2,1-4H3,(H,24,25). The van der Waals surface area contributed by atoms with Crippen molar-refractivity contribution in [2.24, 2.45) is 17.8 Å². The van der Waals surface area contributed by atoms with Crippen LogP contribution in [0.5, 0.6) is 11.5 Å². The first kappa shape index (κ1) is 21.4.